The molecule has 1 unspecified atom stereocenters. The van der Waals surface area contributed by atoms with Gasteiger partial charge in [-0.25, -0.2) is 0 Å². The number of nitro benzene ring substituents is 1. The van der Waals surface area contributed by atoms with Gasteiger partial charge < -0.3 is 14.4 Å². The van der Waals surface area contributed by atoms with E-state index in [4.69, 9.17) is 9.47 Å². The molecule has 1 amide bonds. The third-order valence-corrected chi connectivity index (χ3v) is 4.04. The van der Waals surface area contributed by atoms with Crippen LogP contribution in [0.4, 0.5) is 5.69 Å². The minimum absolute atomic E-state index is 0.0487. The summed E-state index contributed by atoms with van der Waals surface area (Å²) in [6, 6.07) is 4.09. The molecule has 2 rings (SSSR count). The summed E-state index contributed by atoms with van der Waals surface area (Å²) >= 11 is 3.36. The Balaban J connectivity index is 2.28. The van der Waals surface area contributed by atoms with Gasteiger partial charge in [0.05, 0.1) is 31.3 Å². The molecule has 7 nitrogen and oxygen atoms in total. The second-order valence-corrected chi connectivity index (χ2v) is 5.17. The van der Waals surface area contributed by atoms with Crippen LogP contribution in [-0.2, 0) is 4.74 Å². The number of hydrogen-bond acceptors (Lipinski definition) is 5. The zero-order chi connectivity index (χ0) is 15.4. The number of ether oxygens (including phenoxy) is 2. The van der Waals surface area contributed by atoms with Gasteiger partial charge >= 0.3 is 5.69 Å². The van der Waals surface area contributed by atoms with Crippen LogP contribution < -0.4 is 4.74 Å². The molecule has 0 spiro atoms. The second-order valence-electron chi connectivity index (χ2n) is 4.53. The lowest BCUT2D eigenvalue weighted by molar-refractivity contribution is -0.385. The van der Waals surface area contributed by atoms with Gasteiger partial charge in [-0.2, -0.15) is 0 Å². The summed E-state index contributed by atoms with van der Waals surface area (Å²) in [6.45, 7) is 1.45. The first-order valence-corrected chi connectivity index (χ1v) is 7.47. The Kier molecular flexibility index (Phi) is 5.13. The lowest BCUT2D eigenvalue weighted by atomic mass is 10.1. The highest BCUT2D eigenvalue weighted by atomic mass is 79.9. The van der Waals surface area contributed by atoms with Gasteiger partial charge in [0, 0.05) is 29.6 Å². The smallest absolute Gasteiger partial charge is 0.310 e. The highest BCUT2D eigenvalue weighted by Gasteiger charge is 2.28. The fourth-order valence-corrected chi connectivity index (χ4v) is 2.71. The predicted molar refractivity (Wildman–Crippen MR) is 79.1 cm³/mol. The largest absolute Gasteiger partial charge is 0.490 e. The fraction of sp³-hybridized carbons (Fsp3) is 0.462. The molecule has 0 aromatic heterocycles. The van der Waals surface area contributed by atoms with Gasteiger partial charge in [0.1, 0.15) is 0 Å². The van der Waals surface area contributed by atoms with Crippen LogP contribution in [0.15, 0.2) is 18.2 Å². The Hall–Kier alpha value is -1.67. The van der Waals surface area contributed by atoms with Crippen LogP contribution in [0.5, 0.6) is 5.75 Å². The zero-order valence-electron chi connectivity index (χ0n) is 11.5. The summed E-state index contributed by atoms with van der Waals surface area (Å²) in [6.07, 6.45) is 0. The van der Waals surface area contributed by atoms with Crippen molar-refractivity contribution >= 4 is 27.5 Å². The number of nitrogens with zero attached hydrogens (tertiary/aromatic N) is 2. The SMILES string of the molecule is COc1cc(C(=O)N2CCOCC2CBr)ccc1[N+](=O)[O-]. The van der Waals surface area contributed by atoms with Gasteiger partial charge in [0.25, 0.3) is 5.91 Å². The summed E-state index contributed by atoms with van der Waals surface area (Å²) < 4.78 is 10.3. The van der Waals surface area contributed by atoms with E-state index in [0.717, 1.165) is 0 Å². The number of halogens is 1. The van der Waals surface area contributed by atoms with E-state index in [0.29, 0.717) is 30.7 Å². The molecule has 1 atom stereocenters. The molecular formula is C13H15BrN2O5. The number of carbonyl (C=O) groups is 1. The molecule has 1 fully saturated rings. The van der Waals surface area contributed by atoms with Crippen LogP contribution in [-0.4, -0.2) is 54.0 Å². The van der Waals surface area contributed by atoms with Crippen LogP contribution in [0, 0.1) is 10.1 Å². The molecule has 1 saturated heterocycles. The predicted octanol–water partition coefficient (Wildman–Crippen LogP) is 1.84. The molecule has 1 heterocycles. The van der Waals surface area contributed by atoms with Gasteiger partial charge in [-0.1, -0.05) is 15.9 Å². The molecule has 0 aliphatic carbocycles. The average molecular weight is 359 g/mol. The van der Waals surface area contributed by atoms with Crippen molar-refractivity contribution in [1.82, 2.24) is 4.90 Å². The molecular weight excluding hydrogens is 344 g/mol. The Morgan fingerprint density at radius 1 is 1.62 bits per heavy atom. The maximum atomic E-state index is 12.5. The molecule has 1 aliphatic rings. The van der Waals surface area contributed by atoms with Crippen LogP contribution >= 0.6 is 15.9 Å². The normalized spacial score (nSPS) is 18.4. The van der Waals surface area contributed by atoms with Crippen LogP contribution in [0.1, 0.15) is 10.4 Å². The van der Waals surface area contributed by atoms with Gasteiger partial charge in [0.2, 0.25) is 0 Å². The molecule has 114 valence electrons. The van der Waals surface area contributed by atoms with E-state index in [1.165, 1.54) is 25.3 Å². The Morgan fingerprint density at radius 2 is 2.38 bits per heavy atom. The van der Waals surface area contributed by atoms with E-state index < -0.39 is 4.92 Å². The number of nitro groups is 1. The highest BCUT2D eigenvalue weighted by Crippen LogP contribution is 2.28. The van der Waals surface area contributed by atoms with E-state index in [1.807, 2.05) is 0 Å². The summed E-state index contributed by atoms with van der Waals surface area (Å²) in [5.74, 6) is -0.106. The van der Waals surface area contributed by atoms with E-state index in [-0.39, 0.29) is 23.4 Å². The summed E-state index contributed by atoms with van der Waals surface area (Å²) in [4.78, 5) is 24.6. The Labute approximate surface area is 130 Å². The lowest BCUT2D eigenvalue weighted by Crippen LogP contribution is -2.49. The standard InChI is InChI=1S/C13H15BrN2O5/c1-20-12-6-9(2-3-11(12)16(18)19)13(17)15-4-5-21-8-10(15)7-14/h2-3,6,10H,4-5,7-8H2,1H3. The van der Waals surface area contributed by atoms with E-state index in [9.17, 15) is 14.9 Å². The summed E-state index contributed by atoms with van der Waals surface area (Å²) in [7, 11) is 1.34. The molecule has 0 bridgehead atoms. The number of methoxy groups -OCH3 is 1. The molecule has 8 heteroatoms. The van der Waals surface area contributed by atoms with Gasteiger partial charge in [-0.05, 0) is 6.07 Å². The first-order chi connectivity index (χ1) is 10.1. The van der Waals surface area contributed by atoms with Crippen molar-refractivity contribution in [2.75, 3.05) is 32.2 Å². The minimum atomic E-state index is -0.539. The number of morpholine rings is 1. The quantitative estimate of drug-likeness (QED) is 0.466. The van der Waals surface area contributed by atoms with Gasteiger partial charge in [-0.3, -0.25) is 14.9 Å². The molecule has 21 heavy (non-hydrogen) atoms. The zero-order valence-corrected chi connectivity index (χ0v) is 13.0. The molecule has 1 aromatic carbocycles. The van der Waals surface area contributed by atoms with E-state index >= 15 is 0 Å². The maximum Gasteiger partial charge on any atom is 0.310 e. The average Bonchev–Trinajstić information content (AvgIpc) is 2.53. The highest BCUT2D eigenvalue weighted by molar-refractivity contribution is 9.09. The fourth-order valence-electron chi connectivity index (χ4n) is 2.18. The molecule has 0 radical (unpaired) electrons. The van der Waals surface area contributed by atoms with Gasteiger partial charge in [-0.15, -0.1) is 0 Å². The van der Waals surface area contributed by atoms with Crippen molar-refractivity contribution in [3.8, 4) is 5.75 Å². The van der Waals surface area contributed by atoms with Gasteiger partial charge in [0.15, 0.2) is 5.75 Å². The number of alkyl halides is 1. The first kappa shape index (κ1) is 15.7. The van der Waals surface area contributed by atoms with Crippen LogP contribution in [0.3, 0.4) is 0 Å². The maximum absolute atomic E-state index is 12.5. The van der Waals surface area contributed by atoms with Crippen molar-refractivity contribution < 1.29 is 19.2 Å². The number of benzene rings is 1. The van der Waals surface area contributed by atoms with Crippen molar-refractivity contribution in [1.29, 1.82) is 0 Å². The lowest BCUT2D eigenvalue weighted by Gasteiger charge is -2.34. The monoisotopic (exact) mass is 358 g/mol. The van der Waals surface area contributed by atoms with Crippen molar-refractivity contribution in [2.24, 2.45) is 0 Å². The molecule has 1 aromatic rings. The number of carbonyl (C=O) groups excluding carboxylic acids is 1. The van der Waals surface area contributed by atoms with Crippen molar-refractivity contribution in [2.45, 2.75) is 6.04 Å². The third-order valence-electron chi connectivity index (χ3n) is 3.29. The second kappa shape index (κ2) is 6.86. The summed E-state index contributed by atoms with van der Waals surface area (Å²) in [5.41, 5.74) is 0.207. The van der Waals surface area contributed by atoms with Crippen LogP contribution in [0.2, 0.25) is 0 Å². The number of rotatable bonds is 4. The first-order valence-electron chi connectivity index (χ1n) is 6.35. The Morgan fingerprint density at radius 3 is 3.00 bits per heavy atom. The number of hydrogen-bond donors (Lipinski definition) is 0. The van der Waals surface area contributed by atoms with E-state index in [2.05, 4.69) is 15.9 Å². The molecule has 0 saturated carbocycles. The van der Waals surface area contributed by atoms with Crippen LogP contribution in [0.25, 0.3) is 0 Å². The van der Waals surface area contributed by atoms with E-state index in [1.54, 1.807) is 4.90 Å². The molecule has 0 N–H and O–H groups in total. The topological polar surface area (TPSA) is 81.9 Å². The minimum Gasteiger partial charge on any atom is -0.490 e. The Bertz CT molecular complexity index is 551. The number of amides is 1. The van der Waals surface area contributed by atoms with Crippen molar-refractivity contribution in [3.05, 3.63) is 33.9 Å². The van der Waals surface area contributed by atoms with Crippen molar-refractivity contribution in [3.63, 3.8) is 0 Å². The summed E-state index contributed by atoms with van der Waals surface area (Å²) in [5, 5.41) is 11.5. The third kappa shape index (κ3) is 3.33. The molecule has 1 aliphatic heterocycles.